The van der Waals surface area contributed by atoms with E-state index in [4.69, 9.17) is 0 Å². The number of nitrogens with one attached hydrogen (secondary N) is 2. The number of rotatable bonds is 7. The normalized spacial score (nSPS) is 11.4. The van der Waals surface area contributed by atoms with Crippen molar-refractivity contribution in [1.29, 1.82) is 0 Å². The van der Waals surface area contributed by atoms with Crippen LogP contribution in [0, 0.1) is 13.8 Å². The third-order valence-electron chi connectivity index (χ3n) is 3.05. The van der Waals surface area contributed by atoms with Crippen LogP contribution in [0.4, 0.5) is 0 Å². The summed E-state index contributed by atoms with van der Waals surface area (Å²) in [5.74, 6) is 0.877. The molecule has 0 aliphatic heterocycles. The van der Waals surface area contributed by atoms with Crippen molar-refractivity contribution in [2.75, 3.05) is 33.2 Å². The highest BCUT2D eigenvalue weighted by atomic mass is 127. The second-order valence-electron chi connectivity index (χ2n) is 4.76. The molecule has 0 spiro atoms. The summed E-state index contributed by atoms with van der Waals surface area (Å²) in [6, 6.07) is 0. The largest absolute Gasteiger partial charge is 0.357 e. The summed E-state index contributed by atoms with van der Waals surface area (Å²) in [4.78, 5) is 12.6. The fourth-order valence-corrected chi connectivity index (χ4v) is 2.60. The number of hydrogen-bond acceptors (Lipinski definition) is 4. The van der Waals surface area contributed by atoms with E-state index in [1.54, 1.807) is 11.3 Å². The molecule has 0 amide bonds. The minimum absolute atomic E-state index is 0. The van der Waals surface area contributed by atoms with E-state index in [2.05, 4.69) is 46.4 Å². The standard InChI is InChI=1S/C14H27N5S.HI/c1-6-15-14(16-8-9-19(5)7-2)17-10-13-11(3)18-12(4)20-13;/h6-10H2,1-5H3,(H2,15,16,17);1H. The quantitative estimate of drug-likeness (QED) is 0.400. The van der Waals surface area contributed by atoms with Crippen molar-refractivity contribution in [3.8, 4) is 0 Å². The zero-order valence-corrected chi connectivity index (χ0v) is 16.8. The summed E-state index contributed by atoms with van der Waals surface area (Å²) >= 11 is 1.72. The maximum atomic E-state index is 4.63. The number of aryl methyl sites for hydroxylation is 2. The van der Waals surface area contributed by atoms with E-state index < -0.39 is 0 Å². The molecule has 0 aromatic carbocycles. The van der Waals surface area contributed by atoms with Crippen molar-refractivity contribution in [2.45, 2.75) is 34.2 Å². The van der Waals surface area contributed by atoms with E-state index in [9.17, 15) is 0 Å². The fourth-order valence-electron chi connectivity index (χ4n) is 1.74. The van der Waals surface area contributed by atoms with Gasteiger partial charge in [-0.25, -0.2) is 9.98 Å². The Morgan fingerprint density at radius 2 is 2.00 bits per heavy atom. The number of nitrogens with zero attached hydrogens (tertiary/aromatic N) is 3. The summed E-state index contributed by atoms with van der Waals surface area (Å²) in [6.07, 6.45) is 0. The highest BCUT2D eigenvalue weighted by Crippen LogP contribution is 2.17. The van der Waals surface area contributed by atoms with E-state index in [0.29, 0.717) is 6.54 Å². The van der Waals surface area contributed by atoms with Gasteiger partial charge in [0.1, 0.15) is 0 Å². The SMILES string of the molecule is CCNC(=NCc1sc(C)nc1C)NCCN(C)CC.I. The molecule has 0 bridgehead atoms. The van der Waals surface area contributed by atoms with Crippen LogP contribution in [-0.4, -0.2) is 49.1 Å². The molecule has 0 aliphatic rings. The fraction of sp³-hybridized carbons (Fsp3) is 0.714. The van der Waals surface area contributed by atoms with Gasteiger partial charge in [0.25, 0.3) is 0 Å². The predicted molar refractivity (Wildman–Crippen MR) is 103 cm³/mol. The third-order valence-corrected chi connectivity index (χ3v) is 4.11. The second-order valence-corrected chi connectivity index (χ2v) is 6.05. The van der Waals surface area contributed by atoms with E-state index in [0.717, 1.165) is 42.8 Å². The Kier molecular flexibility index (Phi) is 11.0. The number of likely N-dealkylation sites (N-methyl/N-ethyl adjacent to an activating group) is 1. The summed E-state index contributed by atoms with van der Waals surface area (Å²) in [7, 11) is 2.12. The Balaban J connectivity index is 0.00000400. The molecule has 0 saturated heterocycles. The Bertz CT molecular complexity index is 433. The smallest absolute Gasteiger partial charge is 0.191 e. The van der Waals surface area contributed by atoms with Gasteiger partial charge in [-0.2, -0.15) is 0 Å². The van der Waals surface area contributed by atoms with Gasteiger partial charge in [0, 0.05) is 24.5 Å². The van der Waals surface area contributed by atoms with Gasteiger partial charge in [0.15, 0.2) is 5.96 Å². The van der Waals surface area contributed by atoms with Crippen LogP contribution >= 0.6 is 35.3 Å². The molecule has 0 unspecified atom stereocenters. The van der Waals surface area contributed by atoms with E-state index in [1.807, 2.05) is 13.8 Å². The van der Waals surface area contributed by atoms with Gasteiger partial charge >= 0.3 is 0 Å². The molecule has 7 heteroatoms. The lowest BCUT2D eigenvalue weighted by Crippen LogP contribution is -2.40. The Morgan fingerprint density at radius 3 is 2.52 bits per heavy atom. The third kappa shape index (κ3) is 7.96. The number of hydrogen-bond donors (Lipinski definition) is 2. The summed E-state index contributed by atoms with van der Waals surface area (Å²) < 4.78 is 0. The molecule has 1 aromatic heterocycles. The predicted octanol–water partition coefficient (Wildman–Crippen LogP) is 2.38. The van der Waals surface area contributed by atoms with Crippen molar-refractivity contribution in [2.24, 2.45) is 4.99 Å². The van der Waals surface area contributed by atoms with E-state index in [1.165, 1.54) is 4.88 Å². The van der Waals surface area contributed by atoms with Crippen LogP contribution in [0.5, 0.6) is 0 Å². The lowest BCUT2D eigenvalue weighted by Gasteiger charge is -2.16. The Labute approximate surface area is 149 Å². The zero-order valence-electron chi connectivity index (χ0n) is 13.7. The Morgan fingerprint density at radius 1 is 1.29 bits per heavy atom. The molecule has 122 valence electrons. The first kappa shape index (κ1) is 20.6. The van der Waals surface area contributed by atoms with E-state index in [-0.39, 0.29) is 24.0 Å². The molecular formula is C14H28IN5S. The number of aromatic nitrogens is 1. The number of aliphatic imine (C=N–C) groups is 1. The summed E-state index contributed by atoms with van der Waals surface area (Å²) in [6.45, 7) is 12.9. The molecule has 0 radical (unpaired) electrons. The van der Waals surface area contributed by atoms with Gasteiger partial charge in [-0.1, -0.05) is 6.92 Å². The van der Waals surface area contributed by atoms with Crippen LogP contribution in [0.15, 0.2) is 4.99 Å². The first-order valence-corrected chi connectivity index (χ1v) is 8.02. The molecule has 1 heterocycles. The highest BCUT2D eigenvalue weighted by molar-refractivity contribution is 14.0. The van der Waals surface area contributed by atoms with Crippen LogP contribution in [-0.2, 0) is 6.54 Å². The summed E-state index contributed by atoms with van der Waals surface area (Å²) in [5, 5.41) is 7.75. The van der Waals surface area contributed by atoms with Crippen molar-refractivity contribution in [3.05, 3.63) is 15.6 Å². The molecule has 21 heavy (non-hydrogen) atoms. The second kappa shape index (κ2) is 11.2. The maximum absolute atomic E-state index is 4.63. The number of halogens is 1. The minimum Gasteiger partial charge on any atom is -0.357 e. The van der Waals surface area contributed by atoms with E-state index >= 15 is 0 Å². The van der Waals surface area contributed by atoms with Gasteiger partial charge in [-0.05, 0) is 34.4 Å². The maximum Gasteiger partial charge on any atom is 0.191 e. The topological polar surface area (TPSA) is 52.6 Å². The van der Waals surface area contributed by atoms with Crippen LogP contribution in [0.25, 0.3) is 0 Å². The monoisotopic (exact) mass is 425 g/mol. The van der Waals surface area contributed by atoms with Crippen molar-refractivity contribution in [1.82, 2.24) is 20.5 Å². The molecule has 0 saturated carbocycles. The average molecular weight is 425 g/mol. The lowest BCUT2D eigenvalue weighted by molar-refractivity contribution is 0.357. The van der Waals surface area contributed by atoms with Crippen LogP contribution in [0.1, 0.15) is 29.4 Å². The molecule has 2 N–H and O–H groups in total. The molecule has 0 fully saturated rings. The number of guanidine groups is 1. The van der Waals surface area contributed by atoms with Crippen LogP contribution in [0.2, 0.25) is 0 Å². The molecule has 1 aromatic rings. The first-order valence-electron chi connectivity index (χ1n) is 7.20. The zero-order chi connectivity index (χ0) is 15.0. The highest BCUT2D eigenvalue weighted by Gasteiger charge is 2.04. The minimum atomic E-state index is 0. The average Bonchev–Trinajstić information content (AvgIpc) is 2.74. The first-order chi connectivity index (χ1) is 9.56. The van der Waals surface area contributed by atoms with Crippen LogP contribution < -0.4 is 10.6 Å². The van der Waals surface area contributed by atoms with Gasteiger partial charge in [-0.3, -0.25) is 0 Å². The molecule has 5 nitrogen and oxygen atoms in total. The summed E-state index contributed by atoms with van der Waals surface area (Å²) in [5.41, 5.74) is 1.10. The van der Waals surface area contributed by atoms with Crippen molar-refractivity contribution >= 4 is 41.3 Å². The van der Waals surface area contributed by atoms with Crippen molar-refractivity contribution < 1.29 is 0 Å². The van der Waals surface area contributed by atoms with Gasteiger partial charge in [-0.15, -0.1) is 35.3 Å². The molecular weight excluding hydrogens is 397 g/mol. The molecule has 1 rings (SSSR count). The Hall–Kier alpha value is -0.410. The molecule has 0 aliphatic carbocycles. The van der Waals surface area contributed by atoms with Gasteiger partial charge < -0.3 is 15.5 Å². The van der Waals surface area contributed by atoms with Crippen molar-refractivity contribution in [3.63, 3.8) is 0 Å². The van der Waals surface area contributed by atoms with Gasteiger partial charge in [0.05, 0.1) is 17.2 Å². The van der Waals surface area contributed by atoms with Crippen LogP contribution in [0.3, 0.4) is 0 Å². The number of thiazole rings is 1. The van der Waals surface area contributed by atoms with Gasteiger partial charge in [0.2, 0.25) is 0 Å². The molecule has 0 atom stereocenters. The lowest BCUT2D eigenvalue weighted by atomic mass is 10.4.